The Morgan fingerprint density at radius 3 is 1.29 bits per heavy atom. The van der Waals surface area contributed by atoms with Crippen LogP contribution in [0, 0.1) is 0 Å². The summed E-state index contributed by atoms with van der Waals surface area (Å²) in [5.74, 6) is 0.243. The van der Waals surface area contributed by atoms with Gasteiger partial charge in [-0.05, 0) is 60.7 Å². The van der Waals surface area contributed by atoms with Crippen LogP contribution >= 0.6 is 0 Å². The molecule has 0 unspecified atom stereocenters. The van der Waals surface area contributed by atoms with Crippen LogP contribution in [0.15, 0.2) is 72.8 Å². The van der Waals surface area contributed by atoms with Crippen LogP contribution in [0.4, 0.5) is 5.69 Å². The van der Waals surface area contributed by atoms with Crippen LogP contribution in [0.1, 0.15) is 0 Å². The van der Waals surface area contributed by atoms with Crippen LogP contribution in [0.5, 0.6) is 17.2 Å². The smallest absolute Gasteiger partial charge is 0.178 e. The lowest BCUT2D eigenvalue weighted by atomic mass is 10.2. The van der Waals surface area contributed by atoms with E-state index in [9.17, 15) is 9.59 Å². The molecule has 6 nitrogen and oxygen atoms in total. The SMILES string of the molecule is Nc1ccccc1O.O=C1C=CC(=O)C=C1.Oc1ccc(O)cc1. The number of carbonyl (C=O) groups excluding carboxylic acids is 2. The predicted octanol–water partition coefficient (Wildman–Crippen LogP) is 2.32. The molecule has 0 aromatic heterocycles. The molecule has 0 spiro atoms. The molecule has 5 N–H and O–H groups in total. The number of hydrogen-bond donors (Lipinski definition) is 4. The van der Waals surface area contributed by atoms with Crippen LogP contribution < -0.4 is 5.73 Å². The van der Waals surface area contributed by atoms with Gasteiger partial charge in [0.15, 0.2) is 11.6 Å². The molecule has 3 rings (SSSR count). The molecular formula is C18H17NO5. The van der Waals surface area contributed by atoms with Crippen molar-refractivity contribution in [1.29, 1.82) is 0 Å². The van der Waals surface area contributed by atoms with E-state index in [0.29, 0.717) is 5.69 Å². The monoisotopic (exact) mass is 327 g/mol. The van der Waals surface area contributed by atoms with E-state index in [1.54, 1.807) is 24.3 Å². The van der Waals surface area contributed by atoms with Gasteiger partial charge >= 0.3 is 0 Å². The van der Waals surface area contributed by atoms with Gasteiger partial charge in [0, 0.05) is 0 Å². The topological polar surface area (TPSA) is 121 Å². The molecule has 6 heteroatoms. The highest BCUT2D eigenvalue weighted by Gasteiger charge is 1.97. The molecule has 0 amide bonds. The lowest BCUT2D eigenvalue weighted by molar-refractivity contribution is -0.113. The number of phenolic OH excluding ortho intramolecular Hbond substituents is 3. The molecule has 2 aromatic rings. The Morgan fingerprint density at radius 1 is 0.625 bits per heavy atom. The van der Waals surface area contributed by atoms with Crippen molar-refractivity contribution >= 4 is 17.3 Å². The number of ketones is 2. The van der Waals surface area contributed by atoms with Crippen molar-refractivity contribution in [2.24, 2.45) is 0 Å². The second kappa shape index (κ2) is 9.47. The highest BCUT2D eigenvalue weighted by Crippen LogP contribution is 2.16. The van der Waals surface area contributed by atoms with Crippen LogP contribution in [0.25, 0.3) is 0 Å². The minimum absolute atomic E-state index is 0.121. The molecule has 0 aliphatic heterocycles. The number of nitrogens with two attached hydrogens (primary N) is 1. The standard InChI is InChI=1S/C6H7NO.C6H6O2.C6H4O2/c7-5-3-1-2-4-6(5)8;2*7-5-1-2-6(8)4-3-5/h1-4,8H,7H2;1-4,7-8H;1-4H. The molecular weight excluding hydrogens is 310 g/mol. The van der Waals surface area contributed by atoms with Gasteiger partial charge in [-0.2, -0.15) is 0 Å². The van der Waals surface area contributed by atoms with Crippen LogP contribution in [0.3, 0.4) is 0 Å². The second-order valence-electron chi connectivity index (χ2n) is 4.55. The van der Waals surface area contributed by atoms with Gasteiger partial charge in [-0.25, -0.2) is 0 Å². The average molecular weight is 327 g/mol. The van der Waals surface area contributed by atoms with E-state index in [1.807, 2.05) is 0 Å². The summed E-state index contributed by atoms with van der Waals surface area (Å²) in [5.41, 5.74) is 5.69. The molecule has 0 saturated carbocycles. The Balaban J connectivity index is 0.000000180. The van der Waals surface area contributed by atoms with Gasteiger partial charge in [0.05, 0.1) is 5.69 Å². The first-order valence-electron chi connectivity index (χ1n) is 6.84. The van der Waals surface area contributed by atoms with Gasteiger partial charge in [0.1, 0.15) is 17.2 Å². The maximum absolute atomic E-state index is 10.3. The molecule has 0 heterocycles. The molecule has 2 aromatic carbocycles. The van der Waals surface area contributed by atoms with E-state index in [4.69, 9.17) is 21.1 Å². The first kappa shape index (κ1) is 18.5. The summed E-state index contributed by atoms with van der Waals surface area (Å²) < 4.78 is 0. The van der Waals surface area contributed by atoms with E-state index in [-0.39, 0.29) is 28.8 Å². The highest BCUT2D eigenvalue weighted by molar-refractivity contribution is 6.14. The van der Waals surface area contributed by atoms with Gasteiger partial charge in [-0.15, -0.1) is 0 Å². The summed E-state index contributed by atoms with van der Waals surface area (Å²) in [4.78, 5) is 20.6. The summed E-state index contributed by atoms with van der Waals surface area (Å²) in [7, 11) is 0. The number of para-hydroxylation sites is 2. The van der Waals surface area contributed by atoms with Crippen LogP contribution in [-0.2, 0) is 9.59 Å². The van der Waals surface area contributed by atoms with E-state index < -0.39 is 0 Å². The maximum Gasteiger partial charge on any atom is 0.178 e. The highest BCUT2D eigenvalue weighted by atomic mass is 16.3. The van der Waals surface area contributed by atoms with Crippen molar-refractivity contribution in [3.8, 4) is 17.2 Å². The van der Waals surface area contributed by atoms with E-state index >= 15 is 0 Å². The molecule has 24 heavy (non-hydrogen) atoms. The summed E-state index contributed by atoms with van der Waals surface area (Å²) in [6.45, 7) is 0. The van der Waals surface area contributed by atoms with Crippen molar-refractivity contribution in [3.05, 3.63) is 72.8 Å². The van der Waals surface area contributed by atoms with Gasteiger partial charge in [0.25, 0.3) is 0 Å². The maximum atomic E-state index is 10.3. The Bertz CT molecular complexity index is 668. The van der Waals surface area contributed by atoms with Crippen molar-refractivity contribution in [3.63, 3.8) is 0 Å². The molecule has 1 aliphatic rings. The largest absolute Gasteiger partial charge is 0.508 e. The number of hydrogen-bond acceptors (Lipinski definition) is 6. The molecule has 1 aliphatic carbocycles. The van der Waals surface area contributed by atoms with E-state index in [0.717, 1.165) is 0 Å². The van der Waals surface area contributed by atoms with Crippen molar-refractivity contribution < 1.29 is 24.9 Å². The molecule has 0 fully saturated rings. The third-order valence-electron chi connectivity index (χ3n) is 2.61. The molecule has 124 valence electrons. The van der Waals surface area contributed by atoms with Gasteiger partial charge in [-0.3, -0.25) is 9.59 Å². The number of aromatic hydroxyl groups is 3. The van der Waals surface area contributed by atoms with Crippen molar-refractivity contribution in [1.82, 2.24) is 0 Å². The fourth-order valence-electron chi connectivity index (χ4n) is 1.38. The fourth-order valence-corrected chi connectivity index (χ4v) is 1.38. The first-order chi connectivity index (χ1) is 11.4. The van der Waals surface area contributed by atoms with Crippen LogP contribution in [0.2, 0.25) is 0 Å². The third kappa shape index (κ3) is 7.46. The number of carbonyl (C=O) groups is 2. The summed E-state index contributed by atoms with van der Waals surface area (Å²) in [6.07, 6.45) is 5.01. The van der Waals surface area contributed by atoms with Gasteiger partial charge < -0.3 is 21.1 Å². The Kier molecular flexibility index (Phi) is 7.30. The number of rotatable bonds is 0. The van der Waals surface area contributed by atoms with Crippen molar-refractivity contribution in [2.45, 2.75) is 0 Å². The predicted molar refractivity (Wildman–Crippen MR) is 90.6 cm³/mol. The first-order valence-corrected chi connectivity index (χ1v) is 6.84. The Hall–Kier alpha value is -3.54. The number of benzene rings is 2. The fraction of sp³-hybridized carbons (Fsp3) is 0. The normalized spacial score (nSPS) is 11.8. The number of allylic oxidation sites excluding steroid dienone is 4. The van der Waals surface area contributed by atoms with E-state index in [2.05, 4.69) is 0 Å². The minimum Gasteiger partial charge on any atom is -0.508 e. The minimum atomic E-state index is -0.121. The molecule has 0 radical (unpaired) electrons. The van der Waals surface area contributed by atoms with E-state index in [1.165, 1.54) is 48.6 Å². The number of nitrogen functional groups attached to an aromatic ring is 1. The molecule has 0 saturated heterocycles. The lowest BCUT2D eigenvalue weighted by Gasteiger charge is -1.92. The molecule has 0 bridgehead atoms. The Labute approximate surface area is 138 Å². The van der Waals surface area contributed by atoms with Crippen LogP contribution in [-0.4, -0.2) is 26.9 Å². The number of phenols is 3. The quantitative estimate of drug-likeness (QED) is 0.255. The molecule has 0 atom stereocenters. The summed E-state index contributed by atoms with van der Waals surface area (Å²) in [5, 5.41) is 26.1. The van der Waals surface area contributed by atoms with Gasteiger partial charge in [0.2, 0.25) is 0 Å². The zero-order valence-electron chi connectivity index (χ0n) is 12.7. The summed E-state index contributed by atoms with van der Waals surface area (Å²) in [6, 6.07) is 12.4. The average Bonchev–Trinajstić information content (AvgIpc) is 2.57. The second-order valence-corrected chi connectivity index (χ2v) is 4.55. The zero-order chi connectivity index (χ0) is 17.9. The third-order valence-corrected chi connectivity index (χ3v) is 2.61. The van der Waals surface area contributed by atoms with Gasteiger partial charge in [-0.1, -0.05) is 12.1 Å². The lowest BCUT2D eigenvalue weighted by Crippen LogP contribution is -1.97. The zero-order valence-corrected chi connectivity index (χ0v) is 12.7. The number of anilines is 1. The van der Waals surface area contributed by atoms with Crippen molar-refractivity contribution in [2.75, 3.05) is 5.73 Å². The Morgan fingerprint density at radius 2 is 1.00 bits per heavy atom. The summed E-state index contributed by atoms with van der Waals surface area (Å²) >= 11 is 0.